The number of alkyl halides is 3. The number of thioether (sulfide) groups is 1. The van der Waals surface area contributed by atoms with E-state index in [-0.39, 0.29) is 22.3 Å². The van der Waals surface area contributed by atoms with Gasteiger partial charge in [-0.05, 0) is 54.1 Å². The van der Waals surface area contributed by atoms with E-state index in [0.29, 0.717) is 11.0 Å². The number of tetrazole rings is 1. The Morgan fingerprint density at radius 3 is 2.52 bits per heavy atom. The number of hydrogen-bond acceptors (Lipinski definition) is 6. The van der Waals surface area contributed by atoms with Crippen molar-refractivity contribution in [1.29, 1.82) is 0 Å². The third kappa shape index (κ3) is 4.28. The SMILES string of the molecule is Cc1ccccc1-n1c(C)nnc1SCc1nnnn1-c1ccc(Cl)cc1C(F)(F)F. The van der Waals surface area contributed by atoms with Gasteiger partial charge in [0.05, 0.1) is 22.7 Å². The summed E-state index contributed by atoms with van der Waals surface area (Å²) in [5.41, 5.74) is 0.837. The molecule has 7 nitrogen and oxygen atoms in total. The zero-order chi connectivity index (χ0) is 22.2. The van der Waals surface area contributed by atoms with Crippen LogP contribution in [0.25, 0.3) is 11.4 Å². The van der Waals surface area contributed by atoms with Crippen LogP contribution in [0, 0.1) is 13.8 Å². The second-order valence-electron chi connectivity index (χ2n) is 6.61. The lowest BCUT2D eigenvalue weighted by molar-refractivity contribution is -0.137. The van der Waals surface area contributed by atoms with Gasteiger partial charge in [0.15, 0.2) is 11.0 Å². The van der Waals surface area contributed by atoms with Crippen molar-refractivity contribution in [2.75, 3.05) is 0 Å². The number of hydrogen-bond donors (Lipinski definition) is 0. The fraction of sp³-hybridized carbons (Fsp3) is 0.211. The Morgan fingerprint density at radius 1 is 1.00 bits per heavy atom. The minimum atomic E-state index is -4.61. The molecule has 4 aromatic rings. The van der Waals surface area contributed by atoms with E-state index in [9.17, 15) is 13.2 Å². The predicted molar refractivity (Wildman–Crippen MR) is 110 cm³/mol. The van der Waals surface area contributed by atoms with Crippen LogP contribution >= 0.6 is 23.4 Å². The Balaban J connectivity index is 1.66. The summed E-state index contributed by atoms with van der Waals surface area (Å²) in [7, 11) is 0. The molecule has 0 N–H and O–H groups in total. The van der Waals surface area contributed by atoms with Gasteiger partial charge in [-0.1, -0.05) is 41.6 Å². The highest BCUT2D eigenvalue weighted by molar-refractivity contribution is 7.98. The maximum Gasteiger partial charge on any atom is 0.418 e. The van der Waals surface area contributed by atoms with Crippen molar-refractivity contribution >= 4 is 23.4 Å². The van der Waals surface area contributed by atoms with Crippen LogP contribution in [0.3, 0.4) is 0 Å². The Kier molecular flexibility index (Phi) is 5.71. The van der Waals surface area contributed by atoms with Crippen molar-refractivity contribution in [1.82, 2.24) is 35.0 Å². The van der Waals surface area contributed by atoms with Crippen LogP contribution in [0.15, 0.2) is 47.6 Å². The molecule has 31 heavy (non-hydrogen) atoms. The third-order valence-electron chi connectivity index (χ3n) is 4.51. The van der Waals surface area contributed by atoms with Gasteiger partial charge in [0.1, 0.15) is 5.82 Å². The summed E-state index contributed by atoms with van der Waals surface area (Å²) in [4.78, 5) is 0. The molecule has 4 rings (SSSR count). The molecular formula is C19H15ClF3N7S. The molecule has 0 saturated heterocycles. The first-order chi connectivity index (χ1) is 14.8. The van der Waals surface area contributed by atoms with Crippen LogP contribution in [0.2, 0.25) is 5.02 Å². The number of benzene rings is 2. The highest BCUT2D eigenvalue weighted by atomic mass is 35.5. The van der Waals surface area contributed by atoms with Crippen LogP contribution in [0.5, 0.6) is 0 Å². The molecule has 0 fully saturated rings. The van der Waals surface area contributed by atoms with Gasteiger partial charge in [-0.3, -0.25) is 4.57 Å². The first-order valence-electron chi connectivity index (χ1n) is 9.01. The summed E-state index contributed by atoms with van der Waals surface area (Å²) < 4.78 is 43.5. The van der Waals surface area contributed by atoms with Gasteiger partial charge in [-0.15, -0.1) is 15.3 Å². The van der Waals surface area contributed by atoms with Gasteiger partial charge < -0.3 is 0 Å². The van der Waals surface area contributed by atoms with Crippen molar-refractivity contribution in [3.05, 3.63) is 70.3 Å². The van der Waals surface area contributed by atoms with Crippen molar-refractivity contribution < 1.29 is 13.2 Å². The van der Waals surface area contributed by atoms with E-state index < -0.39 is 11.7 Å². The molecule has 0 saturated carbocycles. The van der Waals surface area contributed by atoms with Crippen LogP contribution in [-0.4, -0.2) is 35.0 Å². The summed E-state index contributed by atoms with van der Waals surface area (Å²) in [5, 5.41) is 20.1. The Morgan fingerprint density at radius 2 is 1.77 bits per heavy atom. The van der Waals surface area contributed by atoms with Crippen LogP contribution in [0.4, 0.5) is 13.2 Å². The first-order valence-corrected chi connectivity index (χ1v) is 10.4. The van der Waals surface area contributed by atoms with E-state index in [1.54, 1.807) is 0 Å². The molecule has 0 unspecified atom stereocenters. The van der Waals surface area contributed by atoms with E-state index in [0.717, 1.165) is 22.0 Å². The standard InChI is InChI=1S/C19H15ClF3N7S/c1-11-5-3-4-6-15(11)29-12(2)24-26-18(29)31-10-17-25-27-28-30(17)16-8-7-13(20)9-14(16)19(21,22)23/h3-9H,10H2,1-2H3. The predicted octanol–water partition coefficient (Wildman–Crippen LogP) is 4.82. The molecule has 0 amide bonds. The molecule has 0 spiro atoms. The summed E-state index contributed by atoms with van der Waals surface area (Å²) >= 11 is 7.05. The van der Waals surface area contributed by atoms with Crippen LogP contribution in [-0.2, 0) is 11.9 Å². The smallest absolute Gasteiger partial charge is 0.274 e. The second kappa shape index (κ2) is 8.31. The molecule has 0 bridgehead atoms. The van der Waals surface area contributed by atoms with E-state index >= 15 is 0 Å². The number of aryl methyl sites for hydroxylation is 2. The normalized spacial score (nSPS) is 11.8. The molecule has 0 aliphatic rings. The molecular weight excluding hydrogens is 451 g/mol. The lowest BCUT2D eigenvalue weighted by Gasteiger charge is -2.14. The average molecular weight is 466 g/mol. The number of nitrogens with zero attached hydrogens (tertiary/aromatic N) is 7. The average Bonchev–Trinajstić information content (AvgIpc) is 3.32. The first kappa shape index (κ1) is 21.3. The van der Waals surface area contributed by atoms with Crippen LogP contribution in [0.1, 0.15) is 22.8 Å². The van der Waals surface area contributed by atoms with Gasteiger partial charge in [-0.2, -0.15) is 17.9 Å². The number of aromatic nitrogens is 7. The topological polar surface area (TPSA) is 74.3 Å². The van der Waals surface area contributed by atoms with Crippen molar-refractivity contribution in [2.24, 2.45) is 0 Å². The molecule has 2 heterocycles. The molecule has 0 aliphatic heterocycles. The molecule has 160 valence electrons. The van der Waals surface area contributed by atoms with Gasteiger partial charge in [0.25, 0.3) is 0 Å². The molecule has 2 aromatic carbocycles. The summed E-state index contributed by atoms with van der Waals surface area (Å²) in [6.45, 7) is 3.81. The summed E-state index contributed by atoms with van der Waals surface area (Å²) in [5.74, 6) is 1.10. The van der Waals surface area contributed by atoms with Crippen LogP contribution < -0.4 is 0 Å². The quantitative estimate of drug-likeness (QED) is 0.393. The summed E-state index contributed by atoms with van der Waals surface area (Å²) in [6, 6.07) is 11.2. The number of halogens is 4. The monoisotopic (exact) mass is 465 g/mol. The van der Waals surface area contributed by atoms with E-state index in [1.807, 2.05) is 42.7 Å². The van der Waals surface area contributed by atoms with Crippen molar-refractivity contribution in [2.45, 2.75) is 30.9 Å². The molecule has 12 heteroatoms. The third-order valence-corrected chi connectivity index (χ3v) is 5.67. The fourth-order valence-corrected chi connectivity index (χ4v) is 4.13. The highest BCUT2D eigenvalue weighted by Gasteiger charge is 2.35. The van der Waals surface area contributed by atoms with E-state index in [4.69, 9.17) is 11.6 Å². The number of para-hydroxylation sites is 1. The van der Waals surface area contributed by atoms with Gasteiger partial charge in [0.2, 0.25) is 0 Å². The molecule has 0 radical (unpaired) electrons. The fourth-order valence-electron chi connectivity index (χ4n) is 3.06. The van der Waals surface area contributed by atoms with Gasteiger partial charge in [0, 0.05) is 5.02 Å². The Labute approximate surface area is 184 Å². The molecule has 0 aliphatic carbocycles. The zero-order valence-corrected chi connectivity index (χ0v) is 17.9. The second-order valence-corrected chi connectivity index (χ2v) is 7.99. The van der Waals surface area contributed by atoms with Crippen molar-refractivity contribution in [3.8, 4) is 11.4 Å². The van der Waals surface area contributed by atoms with E-state index in [1.165, 1.54) is 23.9 Å². The van der Waals surface area contributed by atoms with Gasteiger partial charge >= 0.3 is 6.18 Å². The maximum atomic E-state index is 13.5. The maximum absolute atomic E-state index is 13.5. The van der Waals surface area contributed by atoms with E-state index in [2.05, 4.69) is 25.7 Å². The highest BCUT2D eigenvalue weighted by Crippen LogP contribution is 2.36. The van der Waals surface area contributed by atoms with Gasteiger partial charge in [-0.25, -0.2) is 0 Å². The minimum absolute atomic E-state index is 0.0260. The van der Waals surface area contributed by atoms with Crippen molar-refractivity contribution in [3.63, 3.8) is 0 Å². The minimum Gasteiger partial charge on any atom is -0.274 e. The molecule has 2 aromatic heterocycles. The zero-order valence-electron chi connectivity index (χ0n) is 16.3. The number of rotatable bonds is 5. The lowest BCUT2D eigenvalue weighted by Crippen LogP contribution is -2.13. The summed E-state index contributed by atoms with van der Waals surface area (Å²) in [6.07, 6.45) is -4.61. The Hall–Kier alpha value is -2.92. The Bertz CT molecular complexity index is 1240. The molecule has 0 atom stereocenters. The lowest BCUT2D eigenvalue weighted by atomic mass is 10.1. The largest absolute Gasteiger partial charge is 0.418 e.